The third kappa shape index (κ3) is 5.27. The highest BCUT2D eigenvalue weighted by molar-refractivity contribution is 7.09. The van der Waals surface area contributed by atoms with Crippen molar-refractivity contribution in [3.8, 4) is 11.5 Å². The van der Waals surface area contributed by atoms with Crippen molar-refractivity contribution in [2.45, 2.75) is 26.3 Å². The molecule has 1 heterocycles. The van der Waals surface area contributed by atoms with E-state index in [1.54, 1.807) is 23.5 Å². The van der Waals surface area contributed by atoms with Gasteiger partial charge in [0.05, 0.1) is 16.9 Å². The minimum atomic E-state index is -0.969. The summed E-state index contributed by atoms with van der Waals surface area (Å²) in [5.41, 5.74) is 1.54. The highest BCUT2D eigenvalue weighted by atomic mass is 32.1. The lowest BCUT2D eigenvalue weighted by Gasteiger charge is -2.19. The number of para-hydroxylation sites is 1. The molecule has 1 aromatic heterocycles. The molecule has 0 atom stereocenters. The summed E-state index contributed by atoms with van der Waals surface area (Å²) in [5, 5.41) is 18.2. The van der Waals surface area contributed by atoms with Crippen LogP contribution in [-0.4, -0.2) is 17.6 Å². The third-order valence-corrected chi connectivity index (χ3v) is 5.05. The summed E-state index contributed by atoms with van der Waals surface area (Å²) in [6.45, 7) is 3.46. The first-order valence-corrected chi connectivity index (χ1v) is 10.2. The Morgan fingerprint density at radius 1 is 1.07 bits per heavy atom. The number of carboxylic acids is 1. The average Bonchev–Trinajstić information content (AvgIpc) is 3.22. The lowest BCUT2D eigenvalue weighted by atomic mass is 10.1. The molecule has 0 aliphatic heterocycles. The van der Waals surface area contributed by atoms with Crippen molar-refractivity contribution in [1.29, 1.82) is 0 Å². The largest absolute Gasteiger partial charge is 0.478 e. The second-order valence-electron chi connectivity index (χ2n) is 6.33. The van der Waals surface area contributed by atoms with Gasteiger partial charge in [-0.1, -0.05) is 37.6 Å². The average molecular weight is 397 g/mol. The van der Waals surface area contributed by atoms with E-state index >= 15 is 0 Å². The van der Waals surface area contributed by atoms with Gasteiger partial charge in [0.15, 0.2) is 5.75 Å². The number of benzene rings is 2. The molecule has 3 aromatic rings. The zero-order chi connectivity index (χ0) is 19.8. The number of hydrogen-bond acceptors (Lipinski definition) is 5. The fourth-order valence-electron chi connectivity index (χ4n) is 2.73. The predicted octanol–water partition coefficient (Wildman–Crippen LogP) is 6.06. The van der Waals surface area contributed by atoms with Crippen LogP contribution in [-0.2, 0) is 6.54 Å². The van der Waals surface area contributed by atoms with Crippen LogP contribution in [0.4, 0.5) is 11.4 Å². The standard InChI is InChI=1S/C22H24N2O3S/c1-2-3-11-23-19-13-16(22(25)26)14-20(24-15-18-10-7-12-28-18)21(19)27-17-8-5-4-6-9-17/h4-10,12-14,23-24H,2-3,11,15H2,1H3,(H,25,26). The summed E-state index contributed by atoms with van der Waals surface area (Å²) in [7, 11) is 0. The molecule has 28 heavy (non-hydrogen) atoms. The van der Waals surface area contributed by atoms with Crippen molar-refractivity contribution in [3.05, 3.63) is 70.4 Å². The van der Waals surface area contributed by atoms with Gasteiger partial charge in [-0.2, -0.15) is 0 Å². The Kier molecular flexibility index (Phi) is 6.92. The summed E-state index contributed by atoms with van der Waals surface area (Å²) in [4.78, 5) is 12.8. The van der Waals surface area contributed by atoms with Crippen molar-refractivity contribution in [1.82, 2.24) is 0 Å². The van der Waals surface area contributed by atoms with Crippen LogP contribution in [0.25, 0.3) is 0 Å². The fraction of sp³-hybridized carbons (Fsp3) is 0.227. The van der Waals surface area contributed by atoms with Gasteiger partial charge in [0.1, 0.15) is 5.75 Å². The summed E-state index contributed by atoms with van der Waals surface area (Å²) in [6.07, 6.45) is 2.03. The molecule has 146 valence electrons. The maximum absolute atomic E-state index is 11.6. The summed E-state index contributed by atoms with van der Waals surface area (Å²) < 4.78 is 6.16. The summed E-state index contributed by atoms with van der Waals surface area (Å²) >= 11 is 1.65. The number of anilines is 2. The van der Waals surface area contributed by atoms with Gasteiger partial charge in [0, 0.05) is 18.0 Å². The zero-order valence-corrected chi connectivity index (χ0v) is 16.6. The number of unbranched alkanes of at least 4 members (excludes halogenated alkanes) is 1. The molecule has 0 unspecified atom stereocenters. The van der Waals surface area contributed by atoms with E-state index in [9.17, 15) is 9.90 Å². The number of ether oxygens (including phenoxy) is 1. The minimum Gasteiger partial charge on any atom is -0.478 e. The summed E-state index contributed by atoms with van der Waals surface area (Å²) in [6, 6.07) is 16.8. The molecule has 0 amide bonds. The maximum atomic E-state index is 11.6. The van der Waals surface area contributed by atoms with Crippen molar-refractivity contribution < 1.29 is 14.6 Å². The molecule has 0 radical (unpaired) electrons. The normalized spacial score (nSPS) is 10.5. The number of carbonyl (C=O) groups is 1. The van der Waals surface area contributed by atoms with Crippen LogP contribution in [0.2, 0.25) is 0 Å². The third-order valence-electron chi connectivity index (χ3n) is 4.18. The number of rotatable bonds is 10. The van der Waals surface area contributed by atoms with Gasteiger partial charge in [-0.05, 0) is 42.1 Å². The highest BCUT2D eigenvalue weighted by Gasteiger charge is 2.17. The maximum Gasteiger partial charge on any atom is 0.335 e. The van der Waals surface area contributed by atoms with E-state index in [0.29, 0.717) is 29.4 Å². The topological polar surface area (TPSA) is 70.6 Å². The number of hydrogen-bond donors (Lipinski definition) is 3. The molecule has 6 heteroatoms. The van der Waals surface area contributed by atoms with E-state index in [2.05, 4.69) is 17.6 Å². The molecule has 3 rings (SSSR count). The van der Waals surface area contributed by atoms with Crippen LogP contribution in [0.5, 0.6) is 11.5 Å². The smallest absolute Gasteiger partial charge is 0.335 e. The minimum absolute atomic E-state index is 0.216. The molecule has 0 saturated carbocycles. The Hall–Kier alpha value is -2.99. The van der Waals surface area contributed by atoms with Crippen LogP contribution in [0.3, 0.4) is 0 Å². The van der Waals surface area contributed by atoms with Crippen LogP contribution >= 0.6 is 11.3 Å². The quantitative estimate of drug-likeness (QED) is 0.363. The Labute approximate surface area is 169 Å². The van der Waals surface area contributed by atoms with Crippen molar-refractivity contribution >= 4 is 28.7 Å². The zero-order valence-electron chi connectivity index (χ0n) is 15.8. The van der Waals surface area contributed by atoms with Crippen molar-refractivity contribution in [2.75, 3.05) is 17.2 Å². The van der Waals surface area contributed by atoms with Crippen LogP contribution in [0.15, 0.2) is 60.0 Å². The van der Waals surface area contributed by atoms with E-state index in [-0.39, 0.29) is 5.56 Å². The van der Waals surface area contributed by atoms with E-state index in [0.717, 1.165) is 24.3 Å². The van der Waals surface area contributed by atoms with Gasteiger partial charge in [-0.15, -0.1) is 11.3 Å². The summed E-state index contributed by atoms with van der Waals surface area (Å²) in [5.74, 6) is 0.330. The van der Waals surface area contributed by atoms with E-state index in [1.165, 1.54) is 0 Å². The first kappa shape index (κ1) is 19.8. The van der Waals surface area contributed by atoms with Crippen LogP contribution in [0.1, 0.15) is 35.0 Å². The van der Waals surface area contributed by atoms with E-state index in [1.807, 2.05) is 47.8 Å². The van der Waals surface area contributed by atoms with Crippen LogP contribution in [0, 0.1) is 0 Å². The Morgan fingerprint density at radius 2 is 1.82 bits per heavy atom. The van der Waals surface area contributed by atoms with Crippen LogP contribution < -0.4 is 15.4 Å². The van der Waals surface area contributed by atoms with Gasteiger partial charge >= 0.3 is 5.97 Å². The SMILES string of the molecule is CCCCNc1cc(C(=O)O)cc(NCc2cccs2)c1Oc1ccccc1. The van der Waals surface area contributed by atoms with Crippen molar-refractivity contribution in [2.24, 2.45) is 0 Å². The molecular formula is C22H24N2O3S. The monoisotopic (exact) mass is 396 g/mol. The number of aromatic carboxylic acids is 1. The first-order chi connectivity index (χ1) is 13.7. The Morgan fingerprint density at radius 3 is 2.46 bits per heavy atom. The molecule has 0 spiro atoms. The van der Waals surface area contributed by atoms with Gasteiger partial charge in [-0.3, -0.25) is 0 Å². The molecule has 0 fully saturated rings. The Bertz CT molecular complexity index is 896. The number of thiophene rings is 1. The molecule has 0 saturated heterocycles. The predicted molar refractivity (Wildman–Crippen MR) is 115 cm³/mol. The highest BCUT2D eigenvalue weighted by Crippen LogP contribution is 2.39. The van der Waals surface area contributed by atoms with Gasteiger partial charge in [0.2, 0.25) is 0 Å². The lowest BCUT2D eigenvalue weighted by molar-refractivity contribution is 0.0697. The van der Waals surface area contributed by atoms with Gasteiger partial charge < -0.3 is 20.5 Å². The van der Waals surface area contributed by atoms with E-state index in [4.69, 9.17) is 4.74 Å². The molecule has 0 aliphatic rings. The first-order valence-electron chi connectivity index (χ1n) is 9.31. The second-order valence-corrected chi connectivity index (χ2v) is 7.37. The van der Waals surface area contributed by atoms with Crippen molar-refractivity contribution in [3.63, 3.8) is 0 Å². The van der Waals surface area contributed by atoms with Gasteiger partial charge in [-0.25, -0.2) is 4.79 Å². The second kappa shape index (κ2) is 9.80. The molecular weight excluding hydrogens is 372 g/mol. The fourth-order valence-corrected chi connectivity index (χ4v) is 3.37. The van der Waals surface area contributed by atoms with E-state index < -0.39 is 5.97 Å². The molecule has 2 aromatic carbocycles. The molecule has 0 bridgehead atoms. The van der Waals surface area contributed by atoms with Gasteiger partial charge in [0.25, 0.3) is 0 Å². The number of carboxylic acid groups (broad SMARTS) is 1. The molecule has 3 N–H and O–H groups in total. The lowest BCUT2D eigenvalue weighted by Crippen LogP contribution is -2.08. The molecule has 0 aliphatic carbocycles. The Balaban J connectivity index is 1.97. The number of nitrogens with one attached hydrogen (secondary N) is 2. The molecule has 5 nitrogen and oxygen atoms in total.